The van der Waals surface area contributed by atoms with Gasteiger partial charge in [0.1, 0.15) is 11.6 Å². The lowest BCUT2D eigenvalue weighted by atomic mass is 10.2. The third-order valence-electron chi connectivity index (χ3n) is 4.71. The van der Waals surface area contributed by atoms with Gasteiger partial charge in [-0.2, -0.15) is 0 Å². The molecule has 0 saturated heterocycles. The topological polar surface area (TPSA) is 68.9 Å². The molecule has 1 aromatic carbocycles. The standard InChI is InChI=1S/C22H25BrCl2N6S/c23-17-5-7-21(30-14-17)31(15-16-4-6-18(24)19(25)13-16)12-2-9-29-22(32)28-8-1-3-20-26-10-11-27-20/h4-7,10-11,13-14H,1-3,8-9,12,15H2,(H,26,27)(H2,28,29,32). The fourth-order valence-electron chi connectivity index (χ4n) is 3.11. The van der Waals surface area contributed by atoms with E-state index in [0.717, 1.165) is 60.6 Å². The van der Waals surface area contributed by atoms with Crippen molar-refractivity contribution in [3.63, 3.8) is 0 Å². The number of nitrogens with one attached hydrogen (secondary N) is 3. The maximum absolute atomic E-state index is 6.20. The van der Waals surface area contributed by atoms with Crippen LogP contribution in [-0.2, 0) is 13.0 Å². The van der Waals surface area contributed by atoms with Crippen molar-refractivity contribution in [1.82, 2.24) is 25.6 Å². The Balaban J connectivity index is 1.45. The van der Waals surface area contributed by atoms with Crippen molar-refractivity contribution in [2.75, 3.05) is 24.5 Å². The molecule has 3 aromatic rings. The van der Waals surface area contributed by atoms with Gasteiger partial charge in [-0.05, 0) is 70.8 Å². The molecule has 0 saturated carbocycles. The number of hydrogen-bond donors (Lipinski definition) is 3. The van der Waals surface area contributed by atoms with E-state index in [-0.39, 0.29) is 0 Å². The van der Waals surface area contributed by atoms with Crippen LogP contribution in [0.1, 0.15) is 24.2 Å². The Bertz CT molecular complexity index is 985. The van der Waals surface area contributed by atoms with Gasteiger partial charge < -0.3 is 20.5 Å². The predicted octanol–water partition coefficient (Wildman–Crippen LogP) is 5.37. The zero-order valence-electron chi connectivity index (χ0n) is 17.5. The molecule has 0 aliphatic rings. The summed E-state index contributed by atoms with van der Waals surface area (Å²) in [7, 11) is 0. The van der Waals surface area contributed by atoms with Gasteiger partial charge in [0.25, 0.3) is 0 Å². The first-order valence-corrected chi connectivity index (χ1v) is 12.3. The number of H-pyrrole nitrogens is 1. The first-order valence-electron chi connectivity index (χ1n) is 10.3. The molecule has 0 radical (unpaired) electrons. The van der Waals surface area contributed by atoms with Crippen molar-refractivity contribution in [3.8, 4) is 0 Å². The lowest BCUT2D eigenvalue weighted by Gasteiger charge is -2.24. The molecule has 3 rings (SSSR count). The lowest BCUT2D eigenvalue weighted by molar-refractivity contribution is 0.689. The quantitative estimate of drug-likeness (QED) is 0.218. The van der Waals surface area contributed by atoms with Gasteiger partial charge in [0.05, 0.1) is 10.0 Å². The van der Waals surface area contributed by atoms with Crippen molar-refractivity contribution in [2.45, 2.75) is 25.8 Å². The van der Waals surface area contributed by atoms with Crippen LogP contribution in [0.5, 0.6) is 0 Å². The first-order chi connectivity index (χ1) is 15.5. The van der Waals surface area contributed by atoms with Crippen molar-refractivity contribution < 1.29 is 0 Å². The molecular weight excluding hydrogens is 531 g/mol. The summed E-state index contributed by atoms with van der Waals surface area (Å²) >= 11 is 21.1. The van der Waals surface area contributed by atoms with E-state index in [4.69, 9.17) is 35.4 Å². The number of aromatic amines is 1. The summed E-state index contributed by atoms with van der Waals surface area (Å²) in [4.78, 5) is 14.1. The smallest absolute Gasteiger partial charge is 0.166 e. The highest BCUT2D eigenvalue weighted by Gasteiger charge is 2.10. The van der Waals surface area contributed by atoms with E-state index in [1.165, 1.54) is 0 Å². The Morgan fingerprint density at radius 3 is 2.56 bits per heavy atom. The van der Waals surface area contributed by atoms with E-state index >= 15 is 0 Å². The molecule has 0 spiro atoms. The van der Waals surface area contributed by atoms with Crippen LogP contribution in [0, 0.1) is 0 Å². The Labute approximate surface area is 212 Å². The second kappa shape index (κ2) is 13.0. The Kier molecular flexibility index (Phi) is 10.1. The molecular formula is C22H25BrCl2N6S. The number of benzene rings is 1. The second-order valence-electron chi connectivity index (χ2n) is 7.18. The number of aromatic nitrogens is 3. The molecule has 32 heavy (non-hydrogen) atoms. The Morgan fingerprint density at radius 1 is 1.06 bits per heavy atom. The number of halogens is 3. The van der Waals surface area contributed by atoms with E-state index in [1.807, 2.05) is 36.5 Å². The lowest BCUT2D eigenvalue weighted by Crippen LogP contribution is -2.37. The van der Waals surface area contributed by atoms with Gasteiger partial charge >= 0.3 is 0 Å². The minimum absolute atomic E-state index is 0.554. The van der Waals surface area contributed by atoms with Crippen molar-refractivity contribution in [3.05, 3.63) is 74.8 Å². The summed E-state index contributed by atoms with van der Waals surface area (Å²) in [5, 5.41) is 8.30. The van der Waals surface area contributed by atoms with Crippen LogP contribution >= 0.6 is 51.3 Å². The summed E-state index contributed by atoms with van der Waals surface area (Å²) in [5.41, 5.74) is 1.07. The molecule has 10 heteroatoms. The zero-order valence-corrected chi connectivity index (χ0v) is 21.4. The summed E-state index contributed by atoms with van der Waals surface area (Å²) < 4.78 is 0.945. The molecule has 3 N–H and O–H groups in total. The van der Waals surface area contributed by atoms with Gasteiger partial charge in [-0.1, -0.05) is 29.3 Å². The molecule has 170 valence electrons. The second-order valence-corrected chi connectivity index (χ2v) is 9.32. The van der Waals surface area contributed by atoms with E-state index < -0.39 is 0 Å². The third-order valence-corrected chi connectivity index (χ3v) is 6.21. The van der Waals surface area contributed by atoms with Crippen LogP contribution in [0.15, 0.2) is 53.4 Å². The Morgan fingerprint density at radius 2 is 1.88 bits per heavy atom. The molecule has 0 aliphatic carbocycles. The minimum atomic E-state index is 0.554. The maximum Gasteiger partial charge on any atom is 0.166 e. The number of thiocarbonyl (C=S) groups is 1. The normalized spacial score (nSPS) is 10.7. The van der Waals surface area contributed by atoms with Crippen LogP contribution in [0.2, 0.25) is 10.0 Å². The van der Waals surface area contributed by atoms with Crippen LogP contribution in [0.25, 0.3) is 0 Å². The molecule has 0 unspecified atom stereocenters. The van der Waals surface area contributed by atoms with E-state index in [9.17, 15) is 0 Å². The molecule has 0 bridgehead atoms. The van der Waals surface area contributed by atoms with Crippen LogP contribution in [0.4, 0.5) is 5.82 Å². The highest BCUT2D eigenvalue weighted by atomic mass is 79.9. The fourth-order valence-corrected chi connectivity index (χ4v) is 3.87. The number of aryl methyl sites for hydroxylation is 1. The van der Waals surface area contributed by atoms with Crippen molar-refractivity contribution in [2.24, 2.45) is 0 Å². The number of rotatable bonds is 11. The summed E-state index contributed by atoms with van der Waals surface area (Å²) in [6.45, 7) is 3.06. The number of hydrogen-bond acceptors (Lipinski definition) is 4. The average molecular weight is 556 g/mol. The molecule has 0 fully saturated rings. The minimum Gasteiger partial charge on any atom is -0.363 e. The third kappa shape index (κ3) is 8.24. The first kappa shape index (κ1) is 24.8. The SMILES string of the molecule is S=C(NCCCc1ncc[nH]1)NCCCN(Cc1ccc(Cl)c(Cl)c1)c1ccc(Br)cn1. The molecule has 6 nitrogen and oxygen atoms in total. The fraction of sp³-hybridized carbons (Fsp3) is 0.318. The van der Waals surface area contributed by atoms with Crippen LogP contribution < -0.4 is 15.5 Å². The zero-order chi connectivity index (χ0) is 22.8. The van der Waals surface area contributed by atoms with E-state index in [0.29, 0.717) is 21.7 Å². The molecule has 0 amide bonds. The Hall–Kier alpha value is -1.87. The highest BCUT2D eigenvalue weighted by Crippen LogP contribution is 2.24. The molecule has 2 aromatic heterocycles. The van der Waals surface area contributed by atoms with Gasteiger partial charge in [0, 0.05) is 55.7 Å². The highest BCUT2D eigenvalue weighted by molar-refractivity contribution is 9.10. The van der Waals surface area contributed by atoms with Gasteiger partial charge in [0.15, 0.2) is 5.11 Å². The number of anilines is 1. The average Bonchev–Trinajstić information content (AvgIpc) is 3.30. The number of pyridine rings is 1. The monoisotopic (exact) mass is 554 g/mol. The van der Waals surface area contributed by atoms with E-state index in [1.54, 1.807) is 12.4 Å². The van der Waals surface area contributed by atoms with Gasteiger partial charge in [-0.15, -0.1) is 0 Å². The van der Waals surface area contributed by atoms with Gasteiger partial charge in [-0.25, -0.2) is 9.97 Å². The summed E-state index contributed by atoms with van der Waals surface area (Å²) in [5.74, 6) is 1.90. The van der Waals surface area contributed by atoms with Crippen molar-refractivity contribution >= 4 is 62.3 Å². The van der Waals surface area contributed by atoms with Gasteiger partial charge in [0.2, 0.25) is 0 Å². The summed E-state index contributed by atoms with van der Waals surface area (Å²) in [6.07, 6.45) is 8.16. The van der Waals surface area contributed by atoms with Crippen LogP contribution in [-0.4, -0.2) is 39.7 Å². The number of nitrogens with zero attached hydrogens (tertiary/aromatic N) is 3. The molecule has 0 atom stereocenters. The van der Waals surface area contributed by atoms with Gasteiger partial charge in [-0.3, -0.25) is 0 Å². The largest absolute Gasteiger partial charge is 0.363 e. The maximum atomic E-state index is 6.20. The number of imidazole rings is 1. The molecule has 2 heterocycles. The summed E-state index contributed by atoms with van der Waals surface area (Å²) in [6, 6.07) is 9.70. The predicted molar refractivity (Wildman–Crippen MR) is 140 cm³/mol. The van der Waals surface area contributed by atoms with E-state index in [2.05, 4.69) is 46.4 Å². The van der Waals surface area contributed by atoms with Crippen LogP contribution in [0.3, 0.4) is 0 Å². The molecule has 0 aliphatic heterocycles. The van der Waals surface area contributed by atoms with Crippen molar-refractivity contribution in [1.29, 1.82) is 0 Å².